The maximum atomic E-state index is 6.33. The van der Waals surface area contributed by atoms with Crippen molar-refractivity contribution in [2.45, 2.75) is 24.9 Å². The van der Waals surface area contributed by atoms with E-state index in [1.165, 1.54) is 5.56 Å². The van der Waals surface area contributed by atoms with Crippen molar-refractivity contribution in [2.75, 3.05) is 43.6 Å². The Labute approximate surface area is 169 Å². The number of piperidine rings is 1. The molecule has 0 saturated carbocycles. The van der Waals surface area contributed by atoms with Gasteiger partial charge in [0.1, 0.15) is 5.60 Å². The van der Waals surface area contributed by atoms with Gasteiger partial charge in [-0.1, -0.05) is 18.2 Å². The van der Waals surface area contributed by atoms with Gasteiger partial charge in [0, 0.05) is 38.9 Å². The van der Waals surface area contributed by atoms with Gasteiger partial charge in [-0.3, -0.25) is 0 Å². The zero-order valence-corrected chi connectivity index (χ0v) is 16.7. The van der Waals surface area contributed by atoms with E-state index in [4.69, 9.17) is 14.2 Å². The van der Waals surface area contributed by atoms with Crippen LogP contribution in [0, 0.1) is 0 Å². The predicted molar refractivity (Wildman–Crippen MR) is 109 cm³/mol. The molecule has 1 saturated heterocycles. The highest BCUT2D eigenvalue weighted by atomic mass is 16.5. The van der Waals surface area contributed by atoms with Crippen LogP contribution in [0.4, 0.5) is 11.9 Å². The van der Waals surface area contributed by atoms with Gasteiger partial charge in [0.05, 0.1) is 12.3 Å². The Balaban J connectivity index is 1.36. The first-order chi connectivity index (χ1) is 14.1. The van der Waals surface area contributed by atoms with Crippen molar-refractivity contribution >= 4 is 11.9 Å². The lowest BCUT2D eigenvalue weighted by atomic mass is 9.83. The number of benzene rings is 1. The summed E-state index contributed by atoms with van der Waals surface area (Å²) in [4.78, 5) is 18.0. The first kappa shape index (κ1) is 18.1. The van der Waals surface area contributed by atoms with E-state index >= 15 is 0 Å². The van der Waals surface area contributed by atoms with E-state index in [-0.39, 0.29) is 5.60 Å². The number of nitrogens with zero attached hydrogens (tertiary/aromatic N) is 6. The number of anilines is 2. The van der Waals surface area contributed by atoms with E-state index in [0.717, 1.165) is 49.6 Å². The Morgan fingerprint density at radius 3 is 2.62 bits per heavy atom. The molecule has 0 bridgehead atoms. The summed E-state index contributed by atoms with van der Waals surface area (Å²) in [7, 11) is 3.92. The Morgan fingerprint density at radius 2 is 1.86 bits per heavy atom. The molecular formula is C21H24N6O2. The van der Waals surface area contributed by atoms with Crippen LogP contribution in [0.1, 0.15) is 24.1 Å². The molecule has 0 atom stereocenters. The van der Waals surface area contributed by atoms with Gasteiger partial charge in [-0.25, -0.2) is 9.97 Å². The third-order valence-corrected chi connectivity index (χ3v) is 5.72. The maximum Gasteiger partial charge on any atom is 0.266 e. The van der Waals surface area contributed by atoms with E-state index in [2.05, 4.69) is 20.0 Å². The Hall–Kier alpha value is -3.00. The monoisotopic (exact) mass is 392 g/mol. The fourth-order valence-corrected chi connectivity index (χ4v) is 4.11. The molecule has 0 unspecified atom stereocenters. The van der Waals surface area contributed by atoms with E-state index in [1.54, 1.807) is 0 Å². The van der Waals surface area contributed by atoms with Crippen molar-refractivity contribution < 1.29 is 9.26 Å². The molecular weight excluding hydrogens is 368 g/mol. The standard InChI is InChI=1S/C21H24N6O2/c1-26(2)19-22-14-16-8-13-28-21(17(16)23-19)9-11-27(12-10-21)20-24-18(29-25-20)15-6-4-3-5-7-15/h3-7,14H,8-13H2,1-2H3. The first-order valence-corrected chi connectivity index (χ1v) is 9.96. The van der Waals surface area contributed by atoms with Crippen LogP contribution in [0.5, 0.6) is 0 Å². The number of rotatable bonds is 3. The molecule has 8 nitrogen and oxygen atoms in total. The van der Waals surface area contributed by atoms with Crippen LogP contribution in [0.3, 0.4) is 0 Å². The summed E-state index contributed by atoms with van der Waals surface area (Å²) in [6.45, 7) is 2.28. The van der Waals surface area contributed by atoms with Gasteiger partial charge in [-0.05, 0) is 42.1 Å². The van der Waals surface area contributed by atoms with Crippen molar-refractivity contribution in [1.29, 1.82) is 0 Å². The molecule has 5 rings (SSSR count). The summed E-state index contributed by atoms with van der Waals surface area (Å²) in [6.07, 6.45) is 4.48. The second kappa shape index (κ2) is 7.11. The number of hydrogen-bond acceptors (Lipinski definition) is 8. The number of ether oxygens (including phenoxy) is 1. The highest BCUT2D eigenvalue weighted by Crippen LogP contribution is 2.41. The highest BCUT2D eigenvalue weighted by Gasteiger charge is 2.43. The zero-order valence-electron chi connectivity index (χ0n) is 16.7. The second-order valence-electron chi connectivity index (χ2n) is 7.78. The summed E-state index contributed by atoms with van der Waals surface area (Å²) < 4.78 is 11.8. The van der Waals surface area contributed by atoms with Crippen molar-refractivity contribution in [1.82, 2.24) is 20.1 Å². The van der Waals surface area contributed by atoms with E-state index < -0.39 is 0 Å². The van der Waals surface area contributed by atoms with Crippen LogP contribution in [-0.2, 0) is 16.8 Å². The molecule has 4 heterocycles. The van der Waals surface area contributed by atoms with Crippen LogP contribution < -0.4 is 9.80 Å². The van der Waals surface area contributed by atoms with E-state index in [9.17, 15) is 0 Å². The van der Waals surface area contributed by atoms with Gasteiger partial charge in [0.25, 0.3) is 11.8 Å². The number of aromatic nitrogens is 4. The quantitative estimate of drug-likeness (QED) is 0.673. The zero-order chi connectivity index (χ0) is 19.8. The Morgan fingerprint density at radius 1 is 1.07 bits per heavy atom. The predicted octanol–water partition coefficient (Wildman–Crippen LogP) is 2.66. The van der Waals surface area contributed by atoms with E-state index in [1.807, 2.05) is 55.5 Å². The van der Waals surface area contributed by atoms with Crippen LogP contribution in [0.2, 0.25) is 0 Å². The molecule has 8 heteroatoms. The molecule has 0 aliphatic carbocycles. The minimum absolute atomic E-state index is 0.357. The van der Waals surface area contributed by atoms with E-state index in [0.29, 0.717) is 18.4 Å². The number of fused-ring (bicyclic) bond motifs is 2. The van der Waals surface area contributed by atoms with Crippen molar-refractivity contribution in [3.63, 3.8) is 0 Å². The van der Waals surface area contributed by atoms with Gasteiger partial charge in [0.15, 0.2) is 0 Å². The van der Waals surface area contributed by atoms with Gasteiger partial charge in [-0.2, -0.15) is 4.98 Å². The molecule has 1 aromatic carbocycles. The normalized spacial score (nSPS) is 17.9. The third kappa shape index (κ3) is 3.23. The van der Waals surface area contributed by atoms with Crippen LogP contribution in [0.15, 0.2) is 41.1 Å². The Kier molecular flexibility index (Phi) is 4.43. The molecule has 1 spiro atoms. The van der Waals surface area contributed by atoms with Crippen LogP contribution >= 0.6 is 0 Å². The van der Waals surface area contributed by atoms with Crippen LogP contribution in [-0.4, -0.2) is 53.9 Å². The second-order valence-corrected chi connectivity index (χ2v) is 7.78. The molecule has 150 valence electrons. The maximum absolute atomic E-state index is 6.33. The summed E-state index contributed by atoms with van der Waals surface area (Å²) in [5, 5.41) is 4.20. The first-order valence-electron chi connectivity index (χ1n) is 9.96. The van der Waals surface area contributed by atoms with Gasteiger partial charge in [0.2, 0.25) is 5.95 Å². The van der Waals surface area contributed by atoms with Crippen molar-refractivity contribution in [3.05, 3.63) is 47.8 Å². The minimum atomic E-state index is -0.357. The largest absolute Gasteiger partial charge is 0.368 e. The topological polar surface area (TPSA) is 80.4 Å². The summed E-state index contributed by atoms with van der Waals surface area (Å²) in [5.74, 6) is 1.90. The molecule has 0 N–H and O–H groups in total. The Bertz CT molecular complexity index is 995. The molecule has 1 fully saturated rings. The fourth-order valence-electron chi connectivity index (χ4n) is 4.11. The average Bonchev–Trinajstić information content (AvgIpc) is 3.25. The van der Waals surface area contributed by atoms with Crippen molar-refractivity contribution in [2.24, 2.45) is 0 Å². The van der Waals surface area contributed by atoms with Crippen LogP contribution in [0.25, 0.3) is 11.5 Å². The molecule has 29 heavy (non-hydrogen) atoms. The summed E-state index contributed by atoms with van der Waals surface area (Å²) in [5.41, 5.74) is 2.81. The minimum Gasteiger partial charge on any atom is -0.368 e. The fraction of sp³-hybridized carbons (Fsp3) is 0.429. The summed E-state index contributed by atoms with van der Waals surface area (Å²) in [6, 6.07) is 9.84. The average molecular weight is 392 g/mol. The van der Waals surface area contributed by atoms with Gasteiger partial charge in [-0.15, -0.1) is 0 Å². The van der Waals surface area contributed by atoms with Crippen molar-refractivity contribution in [3.8, 4) is 11.5 Å². The lowest BCUT2D eigenvalue weighted by molar-refractivity contribution is -0.0802. The number of hydrogen-bond donors (Lipinski definition) is 0. The third-order valence-electron chi connectivity index (χ3n) is 5.72. The molecule has 0 radical (unpaired) electrons. The molecule has 2 aromatic heterocycles. The molecule has 2 aliphatic heterocycles. The lowest BCUT2D eigenvalue weighted by Gasteiger charge is -2.43. The highest BCUT2D eigenvalue weighted by molar-refractivity contribution is 5.54. The molecule has 0 amide bonds. The summed E-state index contributed by atoms with van der Waals surface area (Å²) >= 11 is 0. The molecule has 3 aromatic rings. The lowest BCUT2D eigenvalue weighted by Crippen LogP contribution is -2.47. The SMILES string of the molecule is CN(C)c1ncc2c(n1)C1(CCN(c3noc(-c4ccccc4)n3)CC1)OCC2. The van der Waals surface area contributed by atoms with Gasteiger partial charge >= 0.3 is 0 Å². The smallest absolute Gasteiger partial charge is 0.266 e. The molecule has 2 aliphatic rings. The van der Waals surface area contributed by atoms with Gasteiger partial charge < -0.3 is 19.1 Å².